The van der Waals surface area contributed by atoms with E-state index >= 15 is 0 Å². The van der Waals surface area contributed by atoms with Gasteiger partial charge in [-0.1, -0.05) is 12.1 Å². The van der Waals surface area contributed by atoms with Crippen molar-refractivity contribution in [3.05, 3.63) is 35.1 Å². The Kier molecular flexibility index (Phi) is 3.34. The van der Waals surface area contributed by atoms with Crippen LogP contribution < -0.4 is 0 Å². The summed E-state index contributed by atoms with van der Waals surface area (Å²) in [5, 5.41) is 0. The Morgan fingerprint density at radius 3 is 2.54 bits per heavy atom. The van der Waals surface area contributed by atoms with Gasteiger partial charge >= 0.3 is 0 Å². The Labute approximate surface area is 75.4 Å². The van der Waals surface area contributed by atoms with Crippen molar-refractivity contribution in [3.63, 3.8) is 0 Å². The van der Waals surface area contributed by atoms with E-state index in [9.17, 15) is 13.2 Å². The molecule has 1 aromatic rings. The quantitative estimate of drug-likeness (QED) is 0.682. The summed E-state index contributed by atoms with van der Waals surface area (Å²) in [4.78, 5) is 0. The number of hydrogen-bond acceptors (Lipinski definition) is 0. The van der Waals surface area contributed by atoms with Crippen LogP contribution in [0.1, 0.15) is 17.5 Å². The third-order valence-electron chi connectivity index (χ3n) is 1.89. The minimum atomic E-state index is -2.32. The molecule has 13 heavy (non-hydrogen) atoms. The standard InChI is InChI=1S/C10H11F3/c1-7-2-3-8(6-9(7)11)4-5-10(12)13/h2-3,6,10H,4-5H2,1H3. The summed E-state index contributed by atoms with van der Waals surface area (Å²) in [5.41, 5.74) is 1.17. The first-order chi connectivity index (χ1) is 6.09. The van der Waals surface area contributed by atoms with Gasteiger partial charge in [0.05, 0.1) is 0 Å². The van der Waals surface area contributed by atoms with E-state index in [-0.39, 0.29) is 18.7 Å². The molecule has 0 aliphatic carbocycles. The highest BCUT2D eigenvalue weighted by molar-refractivity contribution is 5.23. The molecule has 0 amide bonds. The van der Waals surface area contributed by atoms with E-state index in [0.29, 0.717) is 11.1 Å². The van der Waals surface area contributed by atoms with Crippen LogP contribution in [-0.2, 0) is 6.42 Å². The molecule has 0 atom stereocenters. The van der Waals surface area contributed by atoms with E-state index < -0.39 is 6.43 Å². The highest BCUT2D eigenvalue weighted by Crippen LogP contribution is 2.12. The molecular weight excluding hydrogens is 177 g/mol. The highest BCUT2D eigenvalue weighted by Gasteiger charge is 2.04. The van der Waals surface area contributed by atoms with Crippen LogP contribution in [0.2, 0.25) is 0 Å². The summed E-state index contributed by atoms with van der Waals surface area (Å²) in [7, 11) is 0. The summed E-state index contributed by atoms with van der Waals surface area (Å²) < 4.78 is 36.5. The number of hydrogen-bond donors (Lipinski definition) is 0. The van der Waals surface area contributed by atoms with Gasteiger partial charge in [-0.15, -0.1) is 0 Å². The zero-order valence-corrected chi connectivity index (χ0v) is 7.36. The Bertz CT molecular complexity index is 281. The molecule has 0 fully saturated rings. The van der Waals surface area contributed by atoms with Crippen molar-refractivity contribution in [2.75, 3.05) is 0 Å². The molecule has 0 unspecified atom stereocenters. The number of alkyl halides is 2. The van der Waals surface area contributed by atoms with Gasteiger partial charge in [-0.2, -0.15) is 0 Å². The van der Waals surface area contributed by atoms with Crippen LogP contribution in [0.3, 0.4) is 0 Å². The third-order valence-corrected chi connectivity index (χ3v) is 1.89. The smallest absolute Gasteiger partial charge is 0.211 e. The van der Waals surface area contributed by atoms with E-state index in [4.69, 9.17) is 0 Å². The predicted molar refractivity (Wildman–Crippen MR) is 45.5 cm³/mol. The maximum absolute atomic E-state index is 12.9. The summed E-state index contributed by atoms with van der Waals surface area (Å²) in [6, 6.07) is 4.61. The van der Waals surface area contributed by atoms with Crippen molar-refractivity contribution in [3.8, 4) is 0 Å². The van der Waals surface area contributed by atoms with E-state index in [1.54, 1.807) is 19.1 Å². The molecule has 3 heteroatoms. The maximum atomic E-state index is 12.9. The van der Waals surface area contributed by atoms with Gasteiger partial charge in [0.2, 0.25) is 6.43 Å². The van der Waals surface area contributed by atoms with E-state index in [0.717, 1.165) is 0 Å². The molecule has 1 rings (SSSR count). The van der Waals surface area contributed by atoms with Crippen LogP contribution in [0.25, 0.3) is 0 Å². The van der Waals surface area contributed by atoms with Crippen LogP contribution in [0.4, 0.5) is 13.2 Å². The largest absolute Gasteiger partial charge is 0.239 e. The summed E-state index contributed by atoms with van der Waals surface area (Å²) >= 11 is 0. The fourth-order valence-corrected chi connectivity index (χ4v) is 1.07. The van der Waals surface area contributed by atoms with Crippen molar-refractivity contribution < 1.29 is 13.2 Å². The Hall–Kier alpha value is -0.990. The van der Waals surface area contributed by atoms with Crippen molar-refractivity contribution in [2.24, 2.45) is 0 Å². The molecule has 0 heterocycles. The van der Waals surface area contributed by atoms with Gasteiger partial charge in [0, 0.05) is 6.42 Å². The second kappa shape index (κ2) is 4.30. The Morgan fingerprint density at radius 2 is 2.00 bits per heavy atom. The number of benzene rings is 1. The van der Waals surface area contributed by atoms with Gasteiger partial charge in [-0.25, -0.2) is 13.2 Å². The minimum Gasteiger partial charge on any atom is -0.211 e. The highest BCUT2D eigenvalue weighted by atomic mass is 19.3. The van der Waals surface area contributed by atoms with Crippen LogP contribution >= 0.6 is 0 Å². The average Bonchev–Trinajstić information content (AvgIpc) is 2.07. The molecule has 0 aliphatic rings. The number of halogens is 3. The molecule has 0 spiro atoms. The van der Waals surface area contributed by atoms with E-state index in [2.05, 4.69) is 0 Å². The van der Waals surface area contributed by atoms with Crippen molar-refractivity contribution >= 4 is 0 Å². The van der Waals surface area contributed by atoms with Gasteiger partial charge in [-0.3, -0.25) is 0 Å². The molecule has 0 saturated carbocycles. The maximum Gasteiger partial charge on any atom is 0.239 e. The molecular formula is C10H11F3. The van der Waals surface area contributed by atoms with Gasteiger partial charge in [0.15, 0.2) is 0 Å². The average molecular weight is 188 g/mol. The number of aryl methyl sites for hydroxylation is 2. The fourth-order valence-electron chi connectivity index (χ4n) is 1.07. The van der Waals surface area contributed by atoms with Gasteiger partial charge in [-0.05, 0) is 30.5 Å². The molecule has 1 aromatic carbocycles. The topological polar surface area (TPSA) is 0 Å². The monoisotopic (exact) mass is 188 g/mol. The van der Waals surface area contributed by atoms with E-state index in [1.165, 1.54) is 6.07 Å². The summed E-state index contributed by atoms with van der Waals surface area (Å²) in [6.07, 6.45) is -2.29. The summed E-state index contributed by atoms with van der Waals surface area (Å²) in [5.74, 6) is -0.327. The molecule has 0 saturated heterocycles. The lowest BCUT2D eigenvalue weighted by molar-refractivity contribution is 0.138. The van der Waals surface area contributed by atoms with Crippen molar-refractivity contribution in [1.82, 2.24) is 0 Å². The molecule has 0 bridgehead atoms. The van der Waals surface area contributed by atoms with Crippen LogP contribution in [0.5, 0.6) is 0 Å². The van der Waals surface area contributed by atoms with Gasteiger partial charge in [0.25, 0.3) is 0 Å². The van der Waals surface area contributed by atoms with Crippen LogP contribution in [0, 0.1) is 12.7 Å². The fraction of sp³-hybridized carbons (Fsp3) is 0.400. The minimum absolute atomic E-state index is 0.206. The Morgan fingerprint density at radius 1 is 1.31 bits per heavy atom. The van der Waals surface area contributed by atoms with Crippen molar-refractivity contribution in [1.29, 1.82) is 0 Å². The predicted octanol–water partition coefficient (Wildman–Crippen LogP) is 3.33. The van der Waals surface area contributed by atoms with Crippen LogP contribution in [-0.4, -0.2) is 6.43 Å². The molecule has 0 N–H and O–H groups in total. The molecule has 72 valence electrons. The van der Waals surface area contributed by atoms with Gasteiger partial charge in [0.1, 0.15) is 5.82 Å². The molecule has 0 nitrogen and oxygen atoms in total. The Balaban J connectivity index is 2.63. The lowest BCUT2D eigenvalue weighted by Gasteiger charge is -2.02. The molecule has 0 aromatic heterocycles. The first-order valence-electron chi connectivity index (χ1n) is 4.13. The van der Waals surface area contributed by atoms with Gasteiger partial charge < -0.3 is 0 Å². The lowest BCUT2D eigenvalue weighted by Crippen LogP contribution is -1.95. The first-order valence-corrected chi connectivity index (χ1v) is 4.13. The second-order valence-corrected chi connectivity index (χ2v) is 3.01. The SMILES string of the molecule is Cc1ccc(CCC(F)F)cc1F. The normalized spacial score (nSPS) is 10.8. The molecule has 0 radical (unpaired) electrons. The number of rotatable bonds is 3. The third kappa shape index (κ3) is 3.09. The summed E-state index contributed by atoms with van der Waals surface area (Å²) in [6.45, 7) is 1.65. The molecule has 0 aliphatic heterocycles. The first kappa shape index (κ1) is 10.1. The van der Waals surface area contributed by atoms with Crippen molar-refractivity contribution in [2.45, 2.75) is 26.2 Å². The van der Waals surface area contributed by atoms with E-state index in [1.807, 2.05) is 0 Å². The second-order valence-electron chi connectivity index (χ2n) is 3.01. The zero-order valence-electron chi connectivity index (χ0n) is 7.36. The zero-order chi connectivity index (χ0) is 9.84. The lowest BCUT2D eigenvalue weighted by atomic mass is 10.1. The van der Waals surface area contributed by atoms with Crippen LogP contribution in [0.15, 0.2) is 18.2 Å².